The number of hydrogen-bond acceptors (Lipinski definition) is 3. The van der Waals surface area contributed by atoms with Crippen LogP contribution >= 0.6 is 0 Å². The Morgan fingerprint density at radius 3 is 2.87 bits per heavy atom. The maximum absolute atomic E-state index is 10.6. The van der Waals surface area contributed by atoms with Crippen molar-refractivity contribution in [2.45, 2.75) is 32.3 Å². The molecule has 0 radical (unpaired) electrons. The van der Waals surface area contributed by atoms with Crippen LogP contribution in [0.25, 0.3) is 0 Å². The van der Waals surface area contributed by atoms with E-state index in [1.54, 1.807) is 6.07 Å². The molecule has 1 aromatic rings. The highest BCUT2D eigenvalue weighted by Gasteiger charge is 2.27. The lowest BCUT2D eigenvalue weighted by molar-refractivity contribution is 0.0843. The van der Waals surface area contributed by atoms with E-state index in [-0.39, 0.29) is 11.4 Å². The molecular weight excluding hydrogens is 192 g/mol. The van der Waals surface area contributed by atoms with Crippen molar-refractivity contribution in [2.24, 2.45) is 0 Å². The molecule has 1 aliphatic rings. The third kappa shape index (κ3) is 1.82. The molecule has 80 valence electrons. The van der Waals surface area contributed by atoms with E-state index in [1.807, 2.05) is 13.8 Å². The second kappa shape index (κ2) is 3.26. The van der Waals surface area contributed by atoms with Gasteiger partial charge in [0.2, 0.25) is 0 Å². The van der Waals surface area contributed by atoms with Crippen LogP contribution in [0.3, 0.4) is 0 Å². The summed E-state index contributed by atoms with van der Waals surface area (Å²) in [5.41, 5.74) is 1.13. The minimum absolute atomic E-state index is 0.0125. The first-order chi connectivity index (χ1) is 7.02. The molecule has 0 bridgehead atoms. The molecule has 2 rings (SSSR count). The molecule has 0 aromatic heterocycles. The normalized spacial score (nSPS) is 17.7. The zero-order valence-corrected chi connectivity index (χ0v) is 8.91. The van der Waals surface area contributed by atoms with E-state index in [0.29, 0.717) is 17.6 Å². The maximum Gasteiger partial charge on any atom is 0.153 e. The molecule has 0 saturated carbocycles. The van der Waals surface area contributed by atoms with Crippen molar-refractivity contribution in [3.05, 3.63) is 23.3 Å². The first-order valence-corrected chi connectivity index (χ1v) is 5.02. The number of benzene rings is 1. The van der Waals surface area contributed by atoms with Crippen molar-refractivity contribution in [3.63, 3.8) is 0 Å². The van der Waals surface area contributed by atoms with E-state index in [2.05, 4.69) is 0 Å². The lowest BCUT2D eigenvalue weighted by atomic mass is 9.93. The summed E-state index contributed by atoms with van der Waals surface area (Å²) in [5, 5.41) is 9.53. The number of aromatic hydroxyl groups is 1. The monoisotopic (exact) mass is 206 g/mol. The standard InChI is InChI=1S/C12H14O3/c1-12(2)4-3-8-5-9(7-13)10(14)6-11(8)15-12/h5-7,14H,3-4H2,1-2H3. The van der Waals surface area contributed by atoms with Crippen LogP contribution in [0.4, 0.5) is 0 Å². The highest BCUT2D eigenvalue weighted by atomic mass is 16.5. The van der Waals surface area contributed by atoms with Crippen molar-refractivity contribution in [3.8, 4) is 11.5 Å². The van der Waals surface area contributed by atoms with E-state index >= 15 is 0 Å². The number of carbonyl (C=O) groups is 1. The van der Waals surface area contributed by atoms with Gasteiger partial charge in [-0.1, -0.05) is 0 Å². The van der Waals surface area contributed by atoms with Crippen LogP contribution < -0.4 is 4.74 Å². The summed E-state index contributed by atoms with van der Waals surface area (Å²) in [7, 11) is 0. The molecule has 1 heterocycles. The minimum atomic E-state index is -0.192. The Morgan fingerprint density at radius 1 is 1.47 bits per heavy atom. The summed E-state index contributed by atoms with van der Waals surface area (Å²) >= 11 is 0. The van der Waals surface area contributed by atoms with Crippen molar-refractivity contribution < 1.29 is 14.6 Å². The van der Waals surface area contributed by atoms with Gasteiger partial charge in [0.1, 0.15) is 17.1 Å². The predicted octanol–water partition coefficient (Wildman–Crippen LogP) is 2.31. The van der Waals surface area contributed by atoms with Crippen LogP contribution in [0, 0.1) is 0 Å². The van der Waals surface area contributed by atoms with E-state index in [4.69, 9.17) is 4.74 Å². The maximum atomic E-state index is 10.6. The summed E-state index contributed by atoms with van der Waals surface area (Å²) < 4.78 is 5.72. The predicted molar refractivity (Wildman–Crippen MR) is 56.5 cm³/mol. The Kier molecular flexibility index (Phi) is 2.18. The summed E-state index contributed by atoms with van der Waals surface area (Å²) in [6, 6.07) is 3.23. The van der Waals surface area contributed by atoms with Gasteiger partial charge in [0.15, 0.2) is 6.29 Å². The average molecular weight is 206 g/mol. The molecule has 3 nitrogen and oxygen atoms in total. The average Bonchev–Trinajstić information content (AvgIpc) is 2.15. The molecule has 0 aliphatic carbocycles. The van der Waals surface area contributed by atoms with Gasteiger partial charge < -0.3 is 9.84 Å². The van der Waals surface area contributed by atoms with E-state index in [1.165, 1.54) is 6.07 Å². The largest absolute Gasteiger partial charge is 0.507 e. The molecule has 1 aliphatic heterocycles. The fourth-order valence-corrected chi connectivity index (χ4v) is 1.80. The molecule has 1 aromatic carbocycles. The number of ether oxygens (including phenoxy) is 1. The number of phenols is 1. The first kappa shape index (κ1) is 10.0. The fourth-order valence-electron chi connectivity index (χ4n) is 1.80. The number of phenolic OH excluding ortho intramolecular Hbond substituents is 1. The first-order valence-electron chi connectivity index (χ1n) is 5.02. The van der Waals surface area contributed by atoms with Crippen LogP contribution in [0.2, 0.25) is 0 Å². The Morgan fingerprint density at radius 2 is 2.20 bits per heavy atom. The fraction of sp³-hybridized carbons (Fsp3) is 0.417. The number of aryl methyl sites for hydroxylation is 1. The highest BCUT2D eigenvalue weighted by molar-refractivity contribution is 5.80. The van der Waals surface area contributed by atoms with Crippen LogP contribution in [0.1, 0.15) is 36.2 Å². The number of rotatable bonds is 1. The van der Waals surface area contributed by atoms with Crippen LogP contribution in [0.15, 0.2) is 12.1 Å². The Hall–Kier alpha value is -1.51. The molecule has 0 saturated heterocycles. The van der Waals surface area contributed by atoms with Gasteiger partial charge >= 0.3 is 0 Å². The van der Waals surface area contributed by atoms with Crippen LogP contribution in [-0.2, 0) is 6.42 Å². The second-order valence-electron chi connectivity index (χ2n) is 4.50. The van der Waals surface area contributed by atoms with E-state index in [0.717, 1.165) is 18.4 Å². The van der Waals surface area contributed by atoms with Gasteiger partial charge in [-0.05, 0) is 38.3 Å². The van der Waals surface area contributed by atoms with Gasteiger partial charge in [-0.15, -0.1) is 0 Å². The summed E-state index contributed by atoms with van der Waals surface area (Å²) in [6.07, 6.45) is 2.46. The van der Waals surface area contributed by atoms with Gasteiger partial charge in [0.25, 0.3) is 0 Å². The molecule has 0 fully saturated rings. The molecule has 1 N–H and O–H groups in total. The third-order valence-electron chi connectivity index (χ3n) is 2.72. The number of fused-ring (bicyclic) bond motifs is 1. The Labute approximate surface area is 88.7 Å². The topological polar surface area (TPSA) is 46.5 Å². The van der Waals surface area contributed by atoms with Gasteiger partial charge in [-0.3, -0.25) is 4.79 Å². The Bertz CT molecular complexity index is 408. The Balaban J connectivity index is 2.45. The quantitative estimate of drug-likeness (QED) is 0.717. The van der Waals surface area contributed by atoms with Gasteiger partial charge in [0.05, 0.1) is 5.56 Å². The lowest BCUT2D eigenvalue weighted by Gasteiger charge is -2.32. The molecule has 15 heavy (non-hydrogen) atoms. The number of aldehydes is 1. The van der Waals surface area contributed by atoms with Crippen molar-refractivity contribution in [1.29, 1.82) is 0 Å². The zero-order valence-electron chi connectivity index (χ0n) is 8.91. The molecule has 0 amide bonds. The molecule has 0 spiro atoms. The van der Waals surface area contributed by atoms with Gasteiger partial charge in [0, 0.05) is 6.07 Å². The van der Waals surface area contributed by atoms with Gasteiger partial charge in [-0.2, -0.15) is 0 Å². The third-order valence-corrected chi connectivity index (χ3v) is 2.72. The lowest BCUT2D eigenvalue weighted by Crippen LogP contribution is -2.32. The number of carbonyl (C=O) groups excluding carboxylic acids is 1. The molecule has 0 unspecified atom stereocenters. The zero-order chi connectivity index (χ0) is 11.1. The van der Waals surface area contributed by atoms with E-state index in [9.17, 15) is 9.90 Å². The molecular formula is C12H14O3. The smallest absolute Gasteiger partial charge is 0.153 e. The van der Waals surface area contributed by atoms with Crippen molar-refractivity contribution >= 4 is 6.29 Å². The highest BCUT2D eigenvalue weighted by Crippen LogP contribution is 2.36. The van der Waals surface area contributed by atoms with Crippen molar-refractivity contribution in [2.75, 3.05) is 0 Å². The second-order valence-corrected chi connectivity index (χ2v) is 4.50. The molecule has 0 atom stereocenters. The van der Waals surface area contributed by atoms with Crippen LogP contribution in [0.5, 0.6) is 11.5 Å². The SMILES string of the molecule is CC1(C)CCc2cc(C=O)c(O)cc2O1. The summed E-state index contributed by atoms with van der Waals surface area (Å²) in [5.74, 6) is 0.677. The minimum Gasteiger partial charge on any atom is -0.507 e. The van der Waals surface area contributed by atoms with Crippen LogP contribution in [-0.4, -0.2) is 17.0 Å². The summed E-state index contributed by atoms with van der Waals surface area (Å²) in [4.78, 5) is 10.6. The van der Waals surface area contributed by atoms with Gasteiger partial charge in [-0.25, -0.2) is 0 Å². The van der Waals surface area contributed by atoms with E-state index < -0.39 is 0 Å². The number of hydrogen-bond donors (Lipinski definition) is 1. The van der Waals surface area contributed by atoms with Crippen molar-refractivity contribution in [1.82, 2.24) is 0 Å². The molecule has 3 heteroatoms. The summed E-state index contributed by atoms with van der Waals surface area (Å²) in [6.45, 7) is 4.03.